The van der Waals surface area contributed by atoms with Gasteiger partial charge in [0, 0.05) is 25.7 Å². The Kier molecular flexibility index (Phi) is 61.8. The van der Waals surface area contributed by atoms with Gasteiger partial charge in [-0.15, -0.1) is 0 Å². The zero-order valence-corrected chi connectivity index (χ0v) is 60.2. The Morgan fingerprint density at radius 1 is 0.322 bits per heavy atom. The summed E-state index contributed by atoms with van der Waals surface area (Å²) in [4.78, 5) is 72.4. The van der Waals surface area contributed by atoms with Gasteiger partial charge in [-0.05, 0) is 37.5 Å². The van der Waals surface area contributed by atoms with Crippen molar-refractivity contribution in [3.63, 3.8) is 0 Å². The van der Waals surface area contributed by atoms with Gasteiger partial charge in [-0.25, -0.2) is 9.13 Å². The third-order valence-electron chi connectivity index (χ3n) is 16.8. The molecule has 0 aliphatic carbocycles. The predicted octanol–water partition coefficient (Wildman–Crippen LogP) is 20.4. The molecule has 0 saturated carbocycles. The molecular formula is C71H138O17P2. The van der Waals surface area contributed by atoms with Crippen LogP contribution in [0.3, 0.4) is 0 Å². The van der Waals surface area contributed by atoms with Gasteiger partial charge in [0.15, 0.2) is 12.2 Å². The van der Waals surface area contributed by atoms with E-state index in [1.54, 1.807) is 0 Å². The van der Waals surface area contributed by atoms with Gasteiger partial charge in [0.2, 0.25) is 0 Å². The van der Waals surface area contributed by atoms with Crippen molar-refractivity contribution in [2.75, 3.05) is 39.6 Å². The number of carbonyl (C=O) groups is 4. The minimum Gasteiger partial charge on any atom is -0.462 e. The zero-order valence-electron chi connectivity index (χ0n) is 58.4. The molecule has 0 rings (SSSR count). The lowest BCUT2D eigenvalue weighted by Gasteiger charge is -2.21. The molecule has 0 radical (unpaired) electrons. The first-order chi connectivity index (χ1) is 43.4. The van der Waals surface area contributed by atoms with Crippen LogP contribution in [0.5, 0.6) is 0 Å². The Hall–Kier alpha value is -1.94. The summed E-state index contributed by atoms with van der Waals surface area (Å²) in [5, 5.41) is 10.6. The fourth-order valence-electron chi connectivity index (χ4n) is 10.7. The van der Waals surface area contributed by atoms with Crippen molar-refractivity contribution >= 4 is 39.5 Å². The summed E-state index contributed by atoms with van der Waals surface area (Å²) in [7, 11) is -9.89. The van der Waals surface area contributed by atoms with Crippen LogP contribution >= 0.6 is 15.6 Å². The Balaban J connectivity index is 5.18. The molecule has 3 N–H and O–H groups in total. The number of carbonyl (C=O) groups excluding carboxylic acids is 4. The molecular weight excluding hydrogens is 1190 g/mol. The van der Waals surface area contributed by atoms with Crippen LogP contribution in [0.25, 0.3) is 0 Å². The fraction of sp³-hybridized carbons (Fsp3) is 0.944. The first-order valence-electron chi connectivity index (χ1n) is 37.0. The summed E-state index contributed by atoms with van der Waals surface area (Å²) in [5.74, 6) is -0.490. The van der Waals surface area contributed by atoms with Gasteiger partial charge in [0.25, 0.3) is 0 Å². The molecule has 0 saturated heterocycles. The fourth-order valence-corrected chi connectivity index (χ4v) is 12.3. The average Bonchev–Trinajstić information content (AvgIpc) is 3.51. The molecule has 0 aliphatic rings. The van der Waals surface area contributed by atoms with Gasteiger partial charge in [-0.3, -0.25) is 37.3 Å². The minimum atomic E-state index is -4.95. The van der Waals surface area contributed by atoms with Crippen molar-refractivity contribution in [2.45, 2.75) is 381 Å². The van der Waals surface area contributed by atoms with Crippen molar-refractivity contribution in [1.82, 2.24) is 0 Å². The highest BCUT2D eigenvalue weighted by molar-refractivity contribution is 7.47. The van der Waals surface area contributed by atoms with E-state index in [-0.39, 0.29) is 25.7 Å². The largest absolute Gasteiger partial charge is 0.472 e. The number of hydrogen-bond acceptors (Lipinski definition) is 15. The van der Waals surface area contributed by atoms with Gasteiger partial charge < -0.3 is 33.8 Å². The molecule has 6 atom stereocenters. The van der Waals surface area contributed by atoms with Crippen LogP contribution in [0.1, 0.15) is 363 Å². The number of aliphatic hydroxyl groups is 1. The highest BCUT2D eigenvalue weighted by Gasteiger charge is 2.30. The number of hydrogen-bond donors (Lipinski definition) is 3. The number of phosphoric acid groups is 2. The molecule has 0 heterocycles. The maximum atomic E-state index is 13.0. The lowest BCUT2D eigenvalue weighted by Crippen LogP contribution is -2.30. The first-order valence-corrected chi connectivity index (χ1v) is 40.0. The molecule has 17 nitrogen and oxygen atoms in total. The average molecular weight is 1330 g/mol. The van der Waals surface area contributed by atoms with E-state index in [0.29, 0.717) is 25.7 Å². The second-order valence-electron chi connectivity index (χ2n) is 26.3. The van der Waals surface area contributed by atoms with Crippen LogP contribution in [-0.4, -0.2) is 96.7 Å². The van der Waals surface area contributed by atoms with Gasteiger partial charge in [0.05, 0.1) is 26.4 Å². The number of esters is 4. The first kappa shape index (κ1) is 88.1. The summed E-state index contributed by atoms with van der Waals surface area (Å²) < 4.78 is 68.2. The summed E-state index contributed by atoms with van der Waals surface area (Å²) in [6.45, 7) is 9.57. The minimum absolute atomic E-state index is 0.105. The second-order valence-corrected chi connectivity index (χ2v) is 29.3. The third kappa shape index (κ3) is 63.5. The van der Waals surface area contributed by atoms with E-state index in [2.05, 4.69) is 41.5 Å². The molecule has 0 fully saturated rings. The van der Waals surface area contributed by atoms with Crippen molar-refractivity contribution in [3.05, 3.63) is 0 Å². The summed E-state index contributed by atoms with van der Waals surface area (Å²) in [5.41, 5.74) is 0. The van der Waals surface area contributed by atoms with E-state index >= 15 is 0 Å². The SMILES string of the molecule is CCCCCCCCCCC(=O)OC[C@H](COP(=O)(O)OC[C@H](O)COP(=O)(O)OC[C@@H](COC(=O)CCCCCCCCCCCCCCCC(C)C)OC(=O)CCCCCCCCCCCCCCCCC(C)CC)OC(=O)CCCCCCCCCC. The van der Waals surface area contributed by atoms with Crippen LogP contribution < -0.4 is 0 Å². The van der Waals surface area contributed by atoms with Crippen molar-refractivity contribution in [3.8, 4) is 0 Å². The van der Waals surface area contributed by atoms with E-state index in [1.165, 1.54) is 167 Å². The number of phosphoric ester groups is 2. The highest BCUT2D eigenvalue weighted by atomic mass is 31.2. The quantitative estimate of drug-likeness (QED) is 0.0222. The van der Waals surface area contributed by atoms with Gasteiger partial charge in [-0.1, -0.05) is 311 Å². The Morgan fingerprint density at radius 2 is 0.567 bits per heavy atom. The molecule has 0 aliphatic heterocycles. The molecule has 3 unspecified atom stereocenters. The van der Waals surface area contributed by atoms with Crippen molar-refractivity contribution in [2.24, 2.45) is 11.8 Å². The van der Waals surface area contributed by atoms with Crippen LogP contribution in [0.15, 0.2) is 0 Å². The highest BCUT2D eigenvalue weighted by Crippen LogP contribution is 2.45. The number of unbranched alkanes of at least 4 members (excludes halogenated alkanes) is 39. The molecule has 0 aromatic carbocycles. The lowest BCUT2D eigenvalue weighted by molar-refractivity contribution is -0.161. The molecule has 0 spiro atoms. The predicted molar refractivity (Wildman–Crippen MR) is 363 cm³/mol. The Bertz CT molecular complexity index is 1750. The van der Waals surface area contributed by atoms with Gasteiger partial charge in [0.1, 0.15) is 19.3 Å². The molecule has 90 heavy (non-hydrogen) atoms. The van der Waals surface area contributed by atoms with E-state index < -0.39 is 97.5 Å². The Labute approximate surface area is 549 Å². The van der Waals surface area contributed by atoms with Crippen LogP contribution in [-0.2, 0) is 65.4 Å². The topological polar surface area (TPSA) is 237 Å². The van der Waals surface area contributed by atoms with Gasteiger partial charge >= 0.3 is 39.5 Å². The van der Waals surface area contributed by atoms with Crippen molar-refractivity contribution in [1.29, 1.82) is 0 Å². The molecule has 19 heteroatoms. The molecule has 0 amide bonds. The lowest BCUT2D eigenvalue weighted by atomic mass is 9.99. The zero-order chi connectivity index (χ0) is 66.5. The smallest absolute Gasteiger partial charge is 0.462 e. The Morgan fingerprint density at radius 3 is 0.844 bits per heavy atom. The van der Waals surface area contributed by atoms with Crippen LogP contribution in [0.2, 0.25) is 0 Å². The van der Waals surface area contributed by atoms with Crippen LogP contribution in [0.4, 0.5) is 0 Å². The van der Waals surface area contributed by atoms with E-state index in [9.17, 15) is 43.2 Å². The summed E-state index contributed by atoms with van der Waals surface area (Å²) in [6.07, 6.45) is 48.6. The number of rotatable bonds is 70. The van der Waals surface area contributed by atoms with E-state index in [0.717, 1.165) is 115 Å². The molecule has 0 aromatic heterocycles. The maximum absolute atomic E-state index is 13.0. The maximum Gasteiger partial charge on any atom is 0.472 e. The second kappa shape index (κ2) is 63.1. The number of aliphatic hydroxyl groups excluding tert-OH is 1. The summed E-state index contributed by atoms with van der Waals surface area (Å²) >= 11 is 0. The standard InChI is InChI=1S/C71H138O17P2/c1-7-10-12-14-16-35-41-47-53-68(73)81-59-66(87-70(75)55-49-43-36-17-15-13-11-8-2)61-85-89(77,78)83-57-65(72)58-84-90(79,80)86-62-67(60-82-69(74)54-48-42-37-31-27-24-20-21-25-29-33-39-45-51-63(4)5)88-71(76)56-50-44-38-32-28-23-19-18-22-26-30-34-40-46-52-64(6)9-3/h63-67,72H,7-62H2,1-6H3,(H,77,78)(H,79,80)/t64?,65-,66+,67+/m0/s1. The third-order valence-corrected chi connectivity index (χ3v) is 18.7. The molecule has 0 aromatic rings. The van der Waals surface area contributed by atoms with E-state index in [4.69, 9.17) is 37.0 Å². The number of ether oxygens (including phenoxy) is 4. The normalized spacial score (nSPS) is 14.4. The molecule has 0 bridgehead atoms. The summed E-state index contributed by atoms with van der Waals surface area (Å²) in [6, 6.07) is 0. The van der Waals surface area contributed by atoms with Crippen molar-refractivity contribution < 1.29 is 80.2 Å². The molecule has 534 valence electrons. The monoisotopic (exact) mass is 1320 g/mol. The van der Waals surface area contributed by atoms with Gasteiger partial charge in [-0.2, -0.15) is 0 Å². The van der Waals surface area contributed by atoms with E-state index in [1.807, 2.05) is 0 Å². The van der Waals surface area contributed by atoms with Crippen LogP contribution in [0, 0.1) is 11.8 Å².